The molecule has 0 aliphatic heterocycles. The third kappa shape index (κ3) is 4.88. The average Bonchev–Trinajstić information content (AvgIpc) is 3.71. The van der Waals surface area contributed by atoms with Crippen molar-refractivity contribution in [2.75, 3.05) is 0 Å². The molecule has 54 heavy (non-hydrogen) atoms. The van der Waals surface area contributed by atoms with Gasteiger partial charge < -0.3 is 0 Å². The normalized spacial score (nSPS) is 15.3. The number of nitrogens with zero attached hydrogens (tertiary/aromatic N) is 1. The summed E-state index contributed by atoms with van der Waals surface area (Å²) in [5, 5.41) is 0. The van der Waals surface area contributed by atoms with Gasteiger partial charge in [-0.1, -0.05) is 187 Å². The van der Waals surface area contributed by atoms with Gasteiger partial charge in [-0.05, 0) is 80.4 Å². The maximum Gasteiger partial charge on any atom is 0.109 e. The third-order valence-electron chi connectivity index (χ3n) is 11.1. The SMILES string of the molecule is C(#CC1(c2ccc(-c3ccc(C4(C#Cc5ccccc5)c5ccccc5-c5ncccc54)cc3)cc2)c2ccccc2-c2ccccc21)c1ccccc1. The minimum absolute atomic E-state index is 0.605. The van der Waals surface area contributed by atoms with Crippen molar-refractivity contribution in [2.45, 2.75) is 10.8 Å². The van der Waals surface area contributed by atoms with Crippen LogP contribution in [0.15, 0.2) is 200 Å². The van der Waals surface area contributed by atoms with Crippen LogP contribution >= 0.6 is 0 Å². The zero-order valence-corrected chi connectivity index (χ0v) is 29.5. The average molecular weight is 684 g/mol. The molecular weight excluding hydrogens is 651 g/mol. The molecular formula is C53H33N. The van der Waals surface area contributed by atoms with Gasteiger partial charge in [-0.2, -0.15) is 0 Å². The van der Waals surface area contributed by atoms with Crippen LogP contribution in [0.2, 0.25) is 0 Å². The van der Waals surface area contributed by atoms with Crippen molar-refractivity contribution in [1.29, 1.82) is 0 Å². The summed E-state index contributed by atoms with van der Waals surface area (Å²) in [5.74, 6) is 14.7. The molecule has 10 rings (SSSR count). The van der Waals surface area contributed by atoms with Crippen molar-refractivity contribution in [3.8, 4) is 57.2 Å². The Morgan fingerprint density at radius 1 is 0.333 bits per heavy atom. The molecule has 0 N–H and O–H groups in total. The van der Waals surface area contributed by atoms with E-state index in [1.165, 1.54) is 27.8 Å². The maximum atomic E-state index is 4.87. The highest BCUT2D eigenvalue weighted by atomic mass is 14.7. The number of rotatable bonds is 3. The van der Waals surface area contributed by atoms with E-state index in [-0.39, 0.29) is 0 Å². The van der Waals surface area contributed by atoms with Crippen LogP contribution in [0.25, 0.3) is 33.5 Å². The molecule has 2 aliphatic rings. The lowest BCUT2D eigenvalue weighted by Gasteiger charge is -2.28. The van der Waals surface area contributed by atoms with E-state index in [9.17, 15) is 0 Å². The Bertz CT molecular complexity index is 2520. The van der Waals surface area contributed by atoms with E-state index >= 15 is 0 Å². The smallest absolute Gasteiger partial charge is 0.109 e. The first-order valence-corrected chi connectivity index (χ1v) is 18.4. The van der Waals surface area contributed by atoms with Crippen LogP contribution in [0.1, 0.15) is 44.5 Å². The second-order valence-corrected chi connectivity index (χ2v) is 13.9. The van der Waals surface area contributed by atoms with Gasteiger partial charge in [0.1, 0.15) is 10.8 Å². The summed E-state index contributed by atoms with van der Waals surface area (Å²) in [5.41, 5.74) is 14.6. The standard InChI is InChI=1S/C53H33N/c1-3-14-38(15-4-1)33-35-52(47-21-10-7-18-44(47)45-19-8-11-22-48(45)52)42-29-25-40(26-30-42)41-27-31-43(32-28-41)53(36-34-39-16-5-2-6-17-39)49-23-12-9-20-46(49)51-50(53)24-13-37-54-51/h1-32,37H. The van der Waals surface area contributed by atoms with Gasteiger partial charge in [0, 0.05) is 28.5 Å². The van der Waals surface area contributed by atoms with Crippen LogP contribution < -0.4 is 0 Å². The molecule has 0 fully saturated rings. The third-order valence-corrected chi connectivity index (χ3v) is 11.1. The van der Waals surface area contributed by atoms with E-state index < -0.39 is 10.8 Å². The van der Waals surface area contributed by atoms with Crippen molar-refractivity contribution in [1.82, 2.24) is 4.98 Å². The minimum atomic E-state index is -0.661. The molecule has 0 saturated heterocycles. The number of hydrogen-bond donors (Lipinski definition) is 0. The number of benzene rings is 7. The Hall–Kier alpha value is -7.19. The second-order valence-electron chi connectivity index (χ2n) is 13.9. The Morgan fingerprint density at radius 3 is 1.22 bits per heavy atom. The summed E-state index contributed by atoms with van der Waals surface area (Å²) in [4.78, 5) is 4.87. The quantitative estimate of drug-likeness (QED) is 0.169. The summed E-state index contributed by atoms with van der Waals surface area (Å²) < 4.78 is 0. The first kappa shape index (κ1) is 31.5. The van der Waals surface area contributed by atoms with Crippen molar-refractivity contribution >= 4 is 0 Å². The molecule has 1 aromatic heterocycles. The maximum absolute atomic E-state index is 4.87. The van der Waals surface area contributed by atoms with Crippen LogP contribution in [0.3, 0.4) is 0 Å². The van der Waals surface area contributed by atoms with Gasteiger partial charge >= 0.3 is 0 Å². The van der Waals surface area contributed by atoms with E-state index in [1.807, 2.05) is 48.7 Å². The predicted molar refractivity (Wildman–Crippen MR) is 220 cm³/mol. The number of aromatic nitrogens is 1. The van der Waals surface area contributed by atoms with E-state index in [4.69, 9.17) is 4.98 Å². The van der Waals surface area contributed by atoms with E-state index in [0.29, 0.717) is 0 Å². The topological polar surface area (TPSA) is 12.9 Å². The minimum Gasteiger partial charge on any atom is -0.256 e. The molecule has 250 valence electrons. The molecule has 0 amide bonds. The number of hydrogen-bond acceptors (Lipinski definition) is 1. The van der Waals surface area contributed by atoms with Gasteiger partial charge in [-0.25, -0.2) is 0 Å². The van der Waals surface area contributed by atoms with E-state index in [0.717, 1.165) is 50.2 Å². The Labute approximate surface area is 316 Å². The van der Waals surface area contributed by atoms with Gasteiger partial charge in [-0.3, -0.25) is 4.98 Å². The summed E-state index contributed by atoms with van der Waals surface area (Å²) in [6, 6.07) is 68.8. The van der Waals surface area contributed by atoms with Crippen LogP contribution in [0.5, 0.6) is 0 Å². The van der Waals surface area contributed by atoms with Crippen LogP contribution in [0, 0.1) is 23.7 Å². The molecule has 1 nitrogen and oxygen atoms in total. The lowest BCUT2D eigenvalue weighted by molar-refractivity contribution is 0.834. The molecule has 1 heteroatoms. The van der Waals surface area contributed by atoms with E-state index in [1.54, 1.807) is 0 Å². The molecule has 0 radical (unpaired) electrons. The van der Waals surface area contributed by atoms with Crippen molar-refractivity contribution in [2.24, 2.45) is 0 Å². The lowest BCUT2D eigenvalue weighted by Crippen LogP contribution is -2.25. The number of fused-ring (bicyclic) bond motifs is 6. The monoisotopic (exact) mass is 683 g/mol. The van der Waals surface area contributed by atoms with Crippen LogP contribution in [-0.4, -0.2) is 4.98 Å². The van der Waals surface area contributed by atoms with Crippen LogP contribution in [-0.2, 0) is 10.8 Å². The zero-order valence-electron chi connectivity index (χ0n) is 29.5. The lowest BCUT2D eigenvalue weighted by atomic mass is 9.72. The van der Waals surface area contributed by atoms with Gasteiger partial charge in [0.15, 0.2) is 0 Å². The highest BCUT2D eigenvalue weighted by molar-refractivity contribution is 5.87. The summed E-state index contributed by atoms with van der Waals surface area (Å²) in [7, 11) is 0. The van der Waals surface area contributed by atoms with Crippen LogP contribution in [0.4, 0.5) is 0 Å². The van der Waals surface area contributed by atoms with Gasteiger partial charge in [0.2, 0.25) is 0 Å². The molecule has 1 heterocycles. The van der Waals surface area contributed by atoms with Crippen molar-refractivity contribution in [3.63, 3.8) is 0 Å². The molecule has 8 aromatic rings. The van der Waals surface area contributed by atoms with Gasteiger partial charge in [0.05, 0.1) is 5.69 Å². The highest BCUT2D eigenvalue weighted by Crippen LogP contribution is 2.53. The Morgan fingerprint density at radius 2 is 0.722 bits per heavy atom. The Balaban J connectivity index is 1.08. The van der Waals surface area contributed by atoms with Crippen molar-refractivity contribution in [3.05, 3.63) is 245 Å². The van der Waals surface area contributed by atoms with E-state index in [2.05, 4.69) is 175 Å². The fourth-order valence-corrected chi connectivity index (χ4v) is 8.56. The zero-order chi connectivity index (χ0) is 36.0. The second kappa shape index (κ2) is 12.8. The molecule has 7 aromatic carbocycles. The summed E-state index contributed by atoms with van der Waals surface area (Å²) in [6.45, 7) is 0. The van der Waals surface area contributed by atoms with Gasteiger partial charge in [0.25, 0.3) is 0 Å². The molecule has 0 bridgehead atoms. The first-order valence-electron chi connectivity index (χ1n) is 18.4. The number of pyridine rings is 1. The fraction of sp³-hybridized carbons (Fsp3) is 0.0377. The highest BCUT2D eigenvalue weighted by Gasteiger charge is 2.45. The summed E-state index contributed by atoms with van der Waals surface area (Å²) in [6.07, 6.45) is 1.88. The molecule has 1 atom stereocenters. The molecule has 1 unspecified atom stereocenters. The Kier molecular flexibility index (Phi) is 7.47. The fourth-order valence-electron chi connectivity index (χ4n) is 8.56. The largest absolute Gasteiger partial charge is 0.256 e. The predicted octanol–water partition coefficient (Wildman–Crippen LogP) is 11.5. The van der Waals surface area contributed by atoms with Crippen molar-refractivity contribution < 1.29 is 0 Å². The molecule has 0 saturated carbocycles. The molecule has 2 aliphatic carbocycles. The molecule has 0 spiro atoms. The summed E-state index contributed by atoms with van der Waals surface area (Å²) >= 11 is 0. The van der Waals surface area contributed by atoms with Gasteiger partial charge in [-0.15, -0.1) is 0 Å². The first-order chi connectivity index (χ1) is 26.8.